The Bertz CT molecular complexity index is 59.8. The maximum atomic E-state index is 5.13. The van der Waals surface area contributed by atoms with Gasteiger partial charge in [0.05, 0.1) is 0 Å². The fourth-order valence-electron chi connectivity index (χ4n) is 0.0527. The Morgan fingerprint density at radius 3 is 2.33 bits per heavy atom. The minimum atomic E-state index is 0.538. The van der Waals surface area contributed by atoms with Crippen molar-refractivity contribution in [2.75, 3.05) is 5.75 Å². The van der Waals surface area contributed by atoms with Crippen LogP contribution in [-0.2, 0) is 0 Å². The minimum absolute atomic E-state index is 0.538. The molecule has 0 radical (unpaired) electrons. The van der Waals surface area contributed by atoms with Crippen molar-refractivity contribution in [3.63, 3.8) is 0 Å². The van der Waals surface area contributed by atoms with Crippen LogP contribution in [0.2, 0.25) is 0 Å². The molecule has 0 atom stereocenters. The predicted molar refractivity (Wildman–Crippen MR) is 30.3 cm³/mol. The van der Waals surface area contributed by atoms with E-state index in [0.29, 0.717) is 11.4 Å². The molecule has 0 saturated carbocycles. The largest absolute Gasteiger partial charge is 0.403 e. The Morgan fingerprint density at radius 1 is 1.83 bits per heavy atom. The van der Waals surface area contributed by atoms with Gasteiger partial charge in [-0.15, -0.1) is 0 Å². The molecule has 4 N–H and O–H groups in total. The molecule has 2 nitrogen and oxygen atoms in total. The monoisotopic (exact) mass is 104 g/mol. The summed E-state index contributed by atoms with van der Waals surface area (Å²) in [4.78, 5) is 0. The van der Waals surface area contributed by atoms with Crippen LogP contribution in [0.1, 0.15) is 0 Å². The van der Waals surface area contributed by atoms with E-state index in [1.54, 1.807) is 0 Å². The second-order valence-electron chi connectivity index (χ2n) is 0.900. The second kappa shape index (κ2) is 2.90. The molecule has 0 fully saturated rings. The van der Waals surface area contributed by atoms with E-state index in [0.717, 1.165) is 0 Å². The summed E-state index contributed by atoms with van der Waals surface area (Å²) in [6.45, 7) is 0. The van der Waals surface area contributed by atoms with E-state index >= 15 is 0 Å². The van der Waals surface area contributed by atoms with E-state index in [2.05, 4.69) is 12.6 Å². The van der Waals surface area contributed by atoms with Crippen molar-refractivity contribution < 1.29 is 0 Å². The van der Waals surface area contributed by atoms with E-state index in [1.165, 1.54) is 6.20 Å². The van der Waals surface area contributed by atoms with Gasteiger partial charge in [-0.3, -0.25) is 0 Å². The van der Waals surface area contributed by atoms with Crippen LogP contribution in [0.5, 0.6) is 0 Å². The number of hydrogen-bond donors (Lipinski definition) is 3. The Balaban J connectivity index is 3.22. The lowest BCUT2D eigenvalue weighted by Gasteiger charge is -1.85. The molecule has 36 valence electrons. The lowest BCUT2D eigenvalue weighted by Crippen LogP contribution is -2.00. The zero-order chi connectivity index (χ0) is 4.99. The van der Waals surface area contributed by atoms with Gasteiger partial charge in [-0.1, -0.05) is 0 Å². The van der Waals surface area contributed by atoms with Crippen molar-refractivity contribution >= 4 is 12.6 Å². The molecule has 0 aliphatic heterocycles. The first-order valence-electron chi connectivity index (χ1n) is 1.58. The van der Waals surface area contributed by atoms with Gasteiger partial charge in [0.15, 0.2) is 0 Å². The number of nitrogens with two attached hydrogens (primary N) is 2. The Labute approximate surface area is 42.6 Å². The first-order chi connectivity index (χ1) is 2.81. The smallest absolute Gasteiger partial charge is 0.0336 e. The van der Waals surface area contributed by atoms with E-state index in [1.807, 2.05) is 0 Å². The van der Waals surface area contributed by atoms with E-state index < -0.39 is 0 Å². The molecule has 0 aromatic rings. The number of rotatable bonds is 1. The van der Waals surface area contributed by atoms with E-state index in [4.69, 9.17) is 11.5 Å². The van der Waals surface area contributed by atoms with Crippen molar-refractivity contribution in [3.05, 3.63) is 11.9 Å². The average Bonchev–Trinajstić information content (AvgIpc) is 1.65. The molecule has 0 unspecified atom stereocenters. The number of hydrogen-bond acceptors (Lipinski definition) is 3. The summed E-state index contributed by atoms with van der Waals surface area (Å²) in [5.74, 6) is 0.538. The third kappa shape index (κ3) is 1.96. The molecule has 0 bridgehead atoms. The lowest BCUT2D eigenvalue weighted by molar-refractivity contribution is 1.29. The summed E-state index contributed by atoms with van der Waals surface area (Å²) in [5, 5.41) is 0. The fourth-order valence-corrected chi connectivity index (χ4v) is 0.158. The van der Waals surface area contributed by atoms with Gasteiger partial charge >= 0.3 is 0 Å². The Morgan fingerprint density at radius 2 is 2.33 bits per heavy atom. The fraction of sp³-hybridized carbons (Fsp3) is 0.333. The van der Waals surface area contributed by atoms with Gasteiger partial charge in [-0.05, 0) is 0 Å². The molecule has 0 spiro atoms. The van der Waals surface area contributed by atoms with Crippen LogP contribution < -0.4 is 11.5 Å². The average molecular weight is 104 g/mol. The second-order valence-corrected chi connectivity index (χ2v) is 1.22. The standard InChI is InChI=1S/C3H8N2S/c4-1-3(5)2-6/h1,6H,2,4-5H2/b3-1-. The van der Waals surface area contributed by atoms with Crippen molar-refractivity contribution in [2.24, 2.45) is 11.5 Å². The highest BCUT2D eigenvalue weighted by Gasteiger charge is 1.74. The maximum absolute atomic E-state index is 5.13. The van der Waals surface area contributed by atoms with Gasteiger partial charge in [0, 0.05) is 17.6 Å². The third-order valence-corrected chi connectivity index (χ3v) is 0.762. The highest BCUT2D eigenvalue weighted by atomic mass is 32.1. The first-order valence-corrected chi connectivity index (χ1v) is 2.21. The van der Waals surface area contributed by atoms with Gasteiger partial charge in [0.2, 0.25) is 0 Å². The van der Waals surface area contributed by atoms with Crippen molar-refractivity contribution in [2.45, 2.75) is 0 Å². The molecule has 0 aliphatic rings. The summed E-state index contributed by atoms with van der Waals surface area (Å²) in [6.07, 6.45) is 1.34. The topological polar surface area (TPSA) is 52.0 Å². The zero-order valence-corrected chi connectivity index (χ0v) is 4.28. The molecule has 0 aromatic heterocycles. The molecule has 0 rings (SSSR count). The maximum Gasteiger partial charge on any atom is 0.0336 e. The lowest BCUT2D eigenvalue weighted by atomic mass is 10.6. The van der Waals surface area contributed by atoms with E-state index in [9.17, 15) is 0 Å². The molecular weight excluding hydrogens is 96.1 g/mol. The SMILES string of the molecule is N/C=C(\N)CS. The molecule has 0 aromatic carbocycles. The van der Waals surface area contributed by atoms with E-state index in [-0.39, 0.29) is 0 Å². The predicted octanol–water partition coefficient (Wildman–Crippen LogP) is -0.325. The first kappa shape index (κ1) is 5.69. The Kier molecular flexibility index (Phi) is 2.75. The van der Waals surface area contributed by atoms with Crippen LogP contribution in [0, 0.1) is 0 Å². The van der Waals surface area contributed by atoms with Crippen molar-refractivity contribution in [1.29, 1.82) is 0 Å². The molecule has 0 amide bonds. The quantitative estimate of drug-likeness (QED) is 0.399. The van der Waals surface area contributed by atoms with Crippen LogP contribution in [0.25, 0.3) is 0 Å². The van der Waals surface area contributed by atoms with Gasteiger partial charge in [-0.25, -0.2) is 0 Å². The van der Waals surface area contributed by atoms with Crippen LogP contribution in [0.3, 0.4) is 0 Å². The van der Waals surface area contributed by atoms with Crippen LogP contribution >= 0.6 is 12.6 Å². The van der Waals surface area contributed by atoms with Crippen LogP contribution in [-0.4, -0.2) is 5.75 Å². The summed E-state index contributed by atoms with van der Waals surface area (Å²) in [7, 11) is 0. The molecule has 6 heavy (non-hydrogen) atoms. The summed E-state index contributed by atoms with van der Waals surface area (Å²) >= 11 is 3.82. The van der Waals surface area contributed by atoms with Gasteiger partial charge in [0.1, 0.15) is 0 Å². The molecule has 0 aliphatic carbocycles. The third-order valence-electron chi connectivity index (χ3n) is 0.397. The number of thiol groups is 1. The van der Waals surface area contributed by atoms with Gasteiger partial charge in [-0.2, -0.15) is 12.6 Å². The van der Waals surface area contributed by atoms with Crippen molar-refractivity contribution in [1.82, 2.24) is 0 Å². The summed E-state index contributed by atoms with van der Waals surface area (Å²) < 4.78 is 0. The van der Waals surface area contributed by atoms with Gasteiger partial charge < -0.3 is 11.5 Å². The molecule has 0 saturated heterocycles. The van der Waals surface area contributed by atoms with Gasteiger partial charge in [0.25, 0.3) is 0 Å². The highest BCUT2D eigenvalue weighted by Crippen LogP contribution is 1.79. The molecular formula is C3H8N2S. The molecule has 0 heterocycles. The van der Waals surface area contributed by atoms with Crippen LogP contribution in [0.4, 0.5) is 0 Å². The summed E-state index contributed by atoms with van der Waals surface area (Å²) in [6, 6.07) is 0. The van der Waals surface area contributed by atoms with Crippen molar-refractivity contribution in [3.8, 4) is 0 Å². The summed E-state index contributed by atoms with van der Waals surface area (Å²) in [5.41, 5.74) is 10.7. The molecule has 3 heteroatoms. The normalized spacial score (nSPS) is 11.8. The Hall–Kier alpha value is -0.310. The minimum Gasteiger partial charge on any atom is -0.403 e. The highest BCUT2D eigenvalue weighted by molar-refractivity contribution is 7.80. The van der Waals surface area contributed by atoms with Crippen LogP contribution in [0.15, 0.2) is 11.9 Å². The zero-order valence-electron chi connectivity index (χ0n) is 3.39.